The Morgan fingerprint density at radius 2 is 2.04 bits per heavy atom. The van der Waals surface area contributed by atoms with Crippen LogP contribution in [0, 0.1) is 5.92 Å². The third-order valence-electron chi connectivity index (χ3n) is 3.48. The molecule has 1 aromatic carbocycles. The molecular weight excluding hydrogens is 292 g/mol. The molecule has 0 amide bonds. The predicted octanol–water partition coefficient (Wildman–Crippen LogP) is 2.54. The number of nitrogen functional groups attached to an aromatic ring is 1. The highest BCUT2D eigenvalue weighted by molar-refractivity contribution is 5.97. The van der Waals surface area contributed by atoms with E-state index >= 15 is 0 Å². The molecule has 5 nitrogen and oxygen atoms in total. The van der Waals surface area contributed by atoms with Gasteiger partial charge in [-0.15, -0.1) is 6.58 Å². The van der Waals surface area contributed by atoms with E-state index in [1.807, 2.05) is 37.3 Å². The van der Waals surface area contributed by atoms with Gasteiger partial charge in [-0.3, -0.25) is 14.3 Å². The zero-order chi connectivity index (χ0) is 16.8. The zero-order valence-electron chi connectivity index (χ0n) is 13.1. The summed E-state index contributed by atoms with van der Waals surface area (Å²) in [5.74, 6) is 5.55. The smallest absolute Gasteiger partial charge is 0.224 e. The Kier molecular flexibility index (Phi) is 5.36. The molecule has 0 spiro atoms. The van der Waals surface area contributed by atoms with Gasteiger partial charge in [-0.05, 0) is 11.5 Å². The lowest BCUT2D eigenvalue weighted by Gasteiger charge is -2.14. The number of carbonyl (C=O) groups excluding carboxylic acids is 1. The van der Waals surface area contributed by atoms with Crippen molar-refractivity contribution >= 4 is 5.78 Å². The van der Waals surface area contributed by atoms with Gasteiger partial charge in [0, 0.05) is 18.7 Å². The summed E-state index contributed by atoms with van der Waals surface area (Å²) in [6.45, 7) is 5.73. The molecule has 23 heavy (non-hydrogen) atoms. The van der Waals surface area contributed by atoms with Crippen LogP contribution in [0.25, 0.3) is 0 Å². The number of benzene rings is 1. The van der Waals surface area contributed by atoms with Gasteiger partial charge in [0.1, 0.15) is 6.61 Å². The fourth-order valence-electron chi connectivity index (χ4n) is 2.14. The normalized spacial score (nSPS) is 11.7. The van der Waals surface area contributed by atoms with Gasteiger partial charge >= 0.3 is 0 Å². The maximum absolute atomic E-state index is 12.5. The average Bonchev–Trinajstić information content (AvgIpc) is 2.56. The maximum atomic E-state index is 12.5. The number of nitrogens with zero attached hydrogens (tertiary/aromatic N) is 1. The third kappa shape index (κ3) is 4.10. The number of pyridine rings is 1. The molecule has 0 fully saturated rings. The monoisotopic (exact) mass is 312 g/mol. The molecule has 2 N–H and O–H groups in total. The van der Waals surface area contributed by atoms with Crippen LogP contribution in [0.2, 0.25) is 0 Å². The van der Waals surface area contributed by atoms with Crippen LogP contribution in [0.5, 0.6) is 5.75 Å². The van der Waals surface area contributed by atoms with Crippen molar-refractivity contribution in [2.45, 2.75) is 20.0 Å². The van der Waals surface area contributed by atoms with Gasteiger partial charge in [-0.25, -0.2) is 0 Å². The van der Waals surface area contributed by atoms with E-state index in [1.54, 1.807) is 6.08 Å². The first-order chi connectivity index (χ1) is 11.0. The zero-order valence-corrected chi connectivity index (χ0v) is 13.1. The molecule has 0 radical (unpaired) electrons. The van der Waals surface area contributed by atoms with Gasteiger partial charge in [-0.1, -0.05) is 43.3 Å². The molecule has 0 aliphatic heterocycles. The van der Waals surface area contributed by atoms with E-state index in [1.165, 1.54) is 12.3 Å². The van der Waals surface area contributed by atoms with E-state index in [9.17, 15) is 9.59 Å². The van der Waals surface area contributed by atoms with Crippen LogP contribution in [0.15, 0.2) is 60.0 Å². The van der Waals surface area contributed by atoms with Crippen LogP contribution >= 0.6 is 0 Å². The van der Waals surface area contributed by atoms with E-state index < -0.39 is 0 Å². The minimum Gasteiger partial charge on any atom is -0.483 e. The first-order valence-corrected chi connectivity index (χ1v) is 7.36. The molecule has 0 saturated carbocycles. The first-order valence-electron chi connectivity index (χ1n) is 7.36. The van der Waals surface area contributed by atoms with Crippen molar-refractivity contribution in [1.29, 1.82) is 0 Å². The molecule has 1 heterocycles. The van der Waals surface area contributed by atoms with Crippen LogP contribution in [0.4, 0.5) is 0 Å². The third-order valence-corrected chi connectivity index (χ3v) is 3.48. The Morgan fingerprint density at radius 1 is 1.35 bits per heavy atom. The van der Waals surface area contributed by atoms with Crippen LogP contribution in [0.3, 0.4) is 0 Å². The number of carbonyl (C=O) groups is 1. The lowest BCUT2D eigenvalue weighted by atomic mass is 10.0. The number of ether oxygens (including phenoxy) is 1. The molecule has 0 saturated heterocycles. The van der Waals surface area contributed by atoms with Crippen molar-refractivity contribution in [2.75, 3.05) is 5.84 Å². The van der Waals surface area contributed by atoms with E-state index in [4.69, 9.17) is 10.6 Å². The number of hydrogen-bond acceptors (Lipinski definition) is 4. The lowest BCUT2D eigenvalue weighted by Crippen LogP contribution is -2.25. The number of nitrogens with two attached hydrogens (primary N) is 1. The summed E-state index contributed by atoms with van der Waals surface area (Å²) >= 11 is 0. The molecule has 2 rings (SSSR count). The van der Waals surface area contributed by atoms with Crippen molar-refractivity contribution in [2.24, 2.45) is 5.92 Å². The second kappa shape index (κ2) is 7.45. The summed E-state index contributed by atoms with van der Waals surface area (Å²) in [6, 6.07) is 10.7. The predicted molar refractivity (Wildman–Crippen MR) is 89.9 cm³/mol. The minimum atomic E-state index is -0.364. The molecular formula is C18H20N2O3. The number of allylic oxidation sites excluding steroid dienone is 1. The Bertz CT molecular complexity index is 751. The van der Waals surface area contributed by atoms with Gasteiger partial charge in [0.05, 0.1) is 0 Å². The summed E-state index contributed by atoms with van der Waals surface area (Å²) in [6.07, 6.45) is 3.26. The first kappa shape index (κ1) is 16.5. The fraction of sp³-hybridized carbons (Fsp3) is 0.222. The van der Waals surface area contributed by atoms with Crippen LogP contribution in [0.1, 0.15) is 29.4 Å². The summed E-state index contributed by atoms with van der Waals surface area (Å²) in [5, 5.41) is 0. The SMILES string of the molecule is C=CC(C)CC(=O)c1c(OCc2ccccc2)c(=O)ccn1N. The fourth-order valence-corrected chi connectivity index (χ4v) is 2.14. The van der Waals surface area contributed by atoms with Crippen molar-refractivity contribution in [3.63, 3.8) is 0 Å². The van der Waals surface area contributed by atoms with Gasteiger partial charge < -0.3 is 10.6 Å². The minimum absolute atomic E-state index is 0.0138. The van der Waals surface area contributed by atoms with Crippen LogP contribution in [-0.2, 0) is 6.61 Å². The molecule has 120 valence electrons. The topological polar surface area (TPSA) is 74.3 Å². The molecule has 0 bridgehead atoms. The van der Waals surface area contributed by atoms with E-state index in [-0.39, 0.29) is 41.6 Å². The van der Waals surface area contributed by atoms with Gasteiger partial charge in [0.2, 0.25) is 5.43 Å². The highest BCUT2D eigenvalue weighted by Crippen LogP contribution is 2.18. The number of Topliss-reactive ketones (excluding diaryl/α,β-unsaturated/α-hetero) is 1. The molecule has 1 aromatic heterocycles. The van der Waals surface area contributed by atoms with Crippen LogP contribution < -0.4 is 16.0 Å². The molecule has 5 heteroatoms. The van der Waals surface area contributed by atoms with E-state index in [0.717, 1.165) is 10.2 Å². The summed E-state index contributed by atoms with van der Waals surface area (Å²) in [4.78, 5) is 24.6. The highest BCUT2D eigenvalue weighted by Gasteiger charge is 2.20. The second-order valence-corrected chi connectivity index (χ2v) is 5.38. The van der Waals surface area contributed by atoms with Gasteiger partial charge in [0.25, 0.3) is 0 Å². The second-order valence-electron chi connectivity index (χ2n) is 5.38. The Balaban J connectivity index is 2.30. The Morgan fingerprint density at radius 3 is 2.70 bits per heavy atom. The number of rotatable bonds is 7. The molecule has 1 atom stereocenters. The summed E-state index contributed by atoms with van der Waals surface area (Å²) in [5.41, 5.74) is 0.622. The van der Waals surface area contributed by atoms with Crippen molar-refractivity contribution < 1.29 is 9.53 Å². The highest BCUT2D eigenvalue weighted by atomic mass is 16.5. The maximum Gasteiger partial charge on any atom is 0.224 e. The van der Waals surface area contributed by atoms with E-state index in [2.05, 4.69) is 6.58 Å². The molecule has 0 aliphatic rings. The number of hydrogen-bond donors (Lipinski definition) is 1. The van der Waals surface area contributed by atoms with E-state index in [0.29, 0.717) is 0 Å². The quantitative estimate of drug-likeness (QED) is 0.484. The van der Waals surface area contributed by atoms with Crippen molar-refractivity contribution in [3.8, 4) is 5.75 Å². The summed E-state index contributed by atoms with van der Waals surface area (Å²) in [7, 11) is 0. The Hall–Kier alpha value is -2.82. The van der Waals surface area contributed by atoms with Crippen molar-refractivity contribution in [1.82, 2.24) is 4.68 Å². The largest absolute Gasteiger partial charge is 0.483 e. The average molecular weight is 312 g/mol. The molecule has 0 aliphatic carbocycles. The Labute approximate surface area is 135 Å². The lowest BCUT2D eigenvalue weighted by molar-refractivity contribution is 0.0958. The molecule has 1 unspecified atom stereocenters. The van der Waals surface area contributed by atoms with Crippen molar-refractivity contribution in [3.05, 3.63) is 76.7 Å². The van der Waals surface area contributed by atoms with Gasteiger partial charge in [0.15, 0.2) is 17.2 Å². The number of ketones is 1. The molecule has 2 aromatic rings. The van der Waals surface area contributed by atoms with Gasteiger partial charge in [-0.2, -0.15) is 0 Å². The summed E-state index contributed by atoms with van der Waals surface area (Å²) < 4.78 is 6.75. The van der Waals surface area contributed by atoms with Crippen LogP contribution in [-0.4, -0.2) is 10.5 Å². The number of aromatic nitrogens is 1. The standard InChI is InChI=1S/C18H20N2O3/c1-3-13(2)11-16(22)17-18(15(21)9-10-20(17)19)23-12-14-7-5-4-6-8-14/h3-10,13H,1,11-12,19H2,2H3.